The van der Waals surface area contributed by atoms with Crippen molar-refractivity contribution >= 4 is 23.7 Å². The number of ether oxygens (including phenoxy) is 2. The summed E-state index contributed by atoms with van der Waals surface area (Å²) < 4.78 is 10.3. The summed E-state index contributed by atoms with van der Waals surface area (Å²) in [6.45, 7) is 6.58. The van der Waals surface area contributed by atoms with E-state index in [0.29, 0.717) is 23.7 Å². The van der Waals surface area contributed by atoms with Gasteiger partial charge in [0.25, 0.3) is 0 Å². The Balaban J connectivity index is 2.42. The van der Waals surface area contributed by atoms with Crippen molar-refractivity contribution in [1.82, 2.24) is 4.90 Å². The van der Waals surface area contributed by atoms with Crippen LogP contribution in [-0.2, 0) is 9.47 Å². The van der Waals surface area contributed by atoms with E-state index in [-0.39, 0.29) is 6.61 Å². The Morgan fingerprint density at radius 2 is 1.76 bits per heavy atom. The molecule has 1 atom stereocenters. The summed E-state index contributed by atoms with van der Waals surface area (Å²) in [5.74, 6) is -0.475. The second-order valence-electron chi connectivity index (χ2n) is 4.47. The predicted molar refractivity (Wildman–Crippen MR) is 80.6 cm³/mol. The minimum Gasteiger partial charge on any atom is -0.458 e. The van der Waals surface area contributed by atoms with Crippen LogP contribution >= 0.6 is 11.6 Å². The fourth-order valence-corrected chi connectivity index (χ4v) is 1.75. The highest BCUT2D eigenvalue weighted by Gasteiger charge is 2.16. The molecule has 1 amide bonds. The van der Waals surface area contributed by atoms with Gasteiger partial charge >= 0.3 is 12.1 Å². The van der Waals surface area contributed by atoms with Gasteiger partial charge in [-0.25, -0.2) is 9.59 Å². The van der Waals surface area contributed by atoms with E-state index < -0.39 is 18.2 Å². The molecule has 0 radical (unpaired) electrons. The maximum Gasteiger partial charge on any atom is 0.410 e. The molecule has 6 heteroatoms. The van der Waals surface area contributed by atoms with Crippen LogP contribution in [0.5, 0.6) is 0 Å². The van der Waals surface area contributed by atoms with Gasteiger partial charge in [-0.1, -0.05) is 11.6 Å². The van der Waals surface area contributed by atoms with E-state index in [1.165, 1.54) is 0 Å². The smallest absolute Gasteiger partial charge is 0.410 e. The molecule has 0 spiro atoms. The zero-order valence-corrected chi connectivity index (χ0v) is 13.2. The molecular formula is C15H20ClNO4. The quantitative estimate of drug-likeness (QED) is 0.756. The Labute approximate surface area is 129 Å². The van der Waals surface area contributed by atoms with Crippen LogP contribution in [0.1, 0.15) is 31.1 Å². The van der Waals surface area contributed by atoms with Gasteiger partial charge in [0.1, 0.15) is 12.7 Å². The van der Waals surface area contributed by atoms with Gasteiger partial charge in [0.15, 0.2) is 0 Å². The van der Waals surface area contributed by atoms with Crippen molar-refractivity contribution in [2.24, 2.45) is 0 Å². The summed E-state index contributed by atoms with van der Waals surface area (Å²) in [6.07, 6.45) is -0.913. The average Bonchev–Trinajstić information content (AvgIpc) is 2.46. The fraction of sp³-hybridized carbons (Fsp3) is 0.467. The Morgan fingerprint density at radius 3 is 2.29 bits per heavy atom. The summed E-state index contributed by atoms with van der Waals surface area (Å²) >= 11 is 5.74. The number of benzene rings is 1. The highest BCUT2D eigenvalue weighted by atomic mass is 35.5. The normalized spacial score (nSPS) is 11.6. The molecule has 0 aliphatic carbocycles. The van der Waals surface area contributed by atoms with E-state index in [9.17, 15) is 9.59 Å². The molecular weight excluding hydrogens is 294 g/mol. The maximum atomic E-state index is 11.8. The Morgan fingerprint density at radius 1 is 1.19 bits per heavy atom. The molecule has 0 bridgehead atoms. The summed E-state index contributed by atoms with van der Waals surface area (Å²) in [4.78, 5) is 25.0. The molecule has 1 unspecified atom stereocenters. The zero-order valence-electron chi connectivity index (χ0n) is 12.5. The van der Waals surface area contributed by atoms with E-state index in [0.717, 1.165) is 0 Å². The summed E-state index contributed by atoms with van der Waals surface area (Å²) in [6, 6.07) is 6.39. The number of hydrogen-bond donors (Lipinski definition) is 0. The van der Waals surface area contributed by atoms with Crippen molar-refractivity contribution in [2.75, 3.05) is 19.7 Å². The molecule has 0 aromatic heterocycles. The van der Waals surface area contributed by atoms with Crippen LogP contribution in [0.4, 0.5) is 4.79 Å². The zero-order chi connectivity index (χ0) is 15.8. The number of esters is 1. The van der Waals surface area contributed by atoms with Gasteiger partial charge in [-0.05, 0) is 45.0 Å². The van der Waals surface area contributed by atoms with Gasteiger partial charge in [-0.2, -0.15) is 0 Å². The number of hydrogen-bond acceptors (Lipinski definition) is 4. The molecule has 0 N–H and O–H groups in total. The first kappa shape index (κ1) is 17.3. The van der Waals surface area contributed by atoms with Crippen molar-refractivity contribution in [3.63, 3.8) is 0 Å². The summed E-state index contributed by atoms with van der Waals surface area (Å²) in [5.41, 5.74) is 0.404. The van der Waals surface area contributed by atoms with Gasteiger partial charge in [0.05, 0.1) is 5.56 Å². The monoisotopic (exact) mass is 313 g/mol. The minimum atomic E-state index is -0.505. The van der Waals surface area contributed by atoms with Gasteiger partial charge in [-0.15, -0.1) is 0 Å². The number of carbonyl (C=O) groups excluding carboxylic acids is 2. The third kappa shape index (κ3) is 5.63. The minimum absolute atomic E-state index is 0.00840. The van der Waals surface area contributed by atoms with Crippen molar-refractivity contribution in [1.29, 1.82) is 0 Å². The fourth-order valence-electron chi connectivity index (χ4n) is 1.62. The molecule has 1 aromatic rings. The average molecular weight is 314 g/mol. The molecule has 21 heavy (non-hydrogen) atoms. The van der Waals surface area contributed by atoms with Gasteiger partial charge in [0, 0.05) is 18.1 Å². The van der Waals surface area contributed by atoms with Crippen LogP contribution in [0.15, 0.2) is 24.3 Å². The molecule has 0 saturated carbocycles. The lowest BCUT2D eigenvalue weighted by atomic mass is 10.2. The van der Waals surface area contributed by atoms with Crippen LogP contribution in [0.2, 0.25) is 5.02 Å². The van der Waals surface area contributed by atoms with Gasteiger partial charge < -0.3 is 14.4 Å². The van der Waals surface area contributed by atoms with Crippen LogP contribution in [0.3, 0.4) is 0 Å². The van der Waals surface area contributed by atoms with E-state index in [4.69, 9.17) is 21.1 Å². The summed E-state index contributed by atoms with van der Waals surface area (Å²) in [7, 11) is 0. The highest BCUT2D eigenvalue weighted by molar-refractivity contribution is 6.30. The predicted octanol–water partition coefficient (Wildman–Crippen LogP) is 3.36. The van der Waals surface area contributed by atoms with E-state index in [1.807, 2.05) is 13.8 Å². The molecule has 0 fully saturated rings. The van der Waals surface area contributed by atoms with Crippen molar-refractivity contribution < 1.29 is 19.1 Å². The number of rotatable bonds is 6. The maximum absolute atomic E-state index is 11.8. The third-order valence-corrected chi connectivity index (χ3v) is 3.10. The highest BCUT2D eigenvalue weighted by Crippen LogP contribution is 2.10. The second kappa shape index (κ2) is 8.52. The van der Waals surface area contributed by atoms with Crippen molar-refractivity contribution in [3.05, 3.63) is 34.9 Å². The number of halogens is 1. The molecule has 0 aliphatic rings. The SMILES string of the molecule is CCN(CC)C(=O)OC(C)COC(=O)c1ccc(Cl)cc1. The Hall–Kier alpha value is -1.75. The van der Waals surface area contributed by atoms with Crippen LogP contribution in [0.25, 0.3) is 0 Å². The van der Waals surface area contributed by atoms with Crippen LogP contribution in [-0.4, -0.2) is 42.8 Å². The summed E-state index contributed by atoms with van der Waals surface area (Å²) in [5, 5.41) is 0.549. The first-order valence-electron chi connectivity index (χ1n) is 6.86. The molecule has 116 valence electrons. The van der Waals surface area contributed by atoms with Gasteiger partial charge in [-0.3, -0.25) is 0 Å². The van der Waals surface area contributed by atoms with Crippen molar-refractivity contribution in [2.45, 2.75) is 26.9 Å². The number of amides is 1. The number of nitrogens with zero attached hydrogens (tertiary/aromatic N) is 1. The molecule has 1 aromatic carbocycles. The lowest BCUT2D eigenvalue weighted by molar-refractivity contribution is 0.0139. The van der Waals surface area contributed by atoms with E-state index in [1.54, 1.807) is 36.1 Å². The van der Waals surface area contributed by atoms with Gasteiger partial charge in [0.2, 0.25) is 0 Å². The lowest BCUT2D eigenvalue weighted by Crippen LogP contribution is -2.34. The molecule has 0 saturated heterocycles. The first-order valence-corrected chi connectivity index (χ1v) is 7.24. The topological polar surface area (TPSA) is 55.8 Å². The van der Waals surface area contributed by atoms with E-state index in [2.05, 4.69) is 0 Å². The lowest BCUT2D eigenvalue weighted by Gasteiger charge is -2.21. The molecule has 1 rings (SSSR count). The molecule has 0 aliphatic heterocycles. The van der Waals surface area contributed by atoms with E-state index >= 15 is 0 Å². The molecule has 0 heterocycles. The Kier molecular flexibility index (Phi) is 7.02. The Bertz CT molecular complexity index is 471. The largest absolute Gasteiger partial charge is 0.458 e. The van der Waals surface area contributed by atoms with Crippen LogP contribution in [0, 0.1) is 0 Å². The number of carbonyl (C=O) groups is 2. The second-order valence-corrected chi connectivity index (χ2v) is 4.91. The standard InChI is InChI=1S/C15H20ClNO4/c1-4-17(5-2)15(19)21-11(3)10-20-14(18)12-6-8-13(16)9-7-12/h6-9,11H,4-5,10H2,1-3H3. The third-order valence-electron chi connectivity index (χ3n) is 2.85. The molecule has 5 nitrogen and oxygen atoms in total. The first-order chi connectivity index (χ1) is 9.97. The van der Waals surface area contributed by atoms with Crippen molar-refractivity contribution in [3.8, 4) is 0 Å². The van der Waals surface area contributed by atoms with Crippen LogP contribution < -0.4 is 0 Å².